The third-order valence-electron chi connectivity index (χ3n) is 3.84. The van der Waals surface area contributed by atoms with Gasteiger partial charge in [-0.15, -0.1) is 0 Å². The number of rotatable bonds is 3. The number of hydrogen-bond acceptors (Lipinski definition) is 4. The number of fused-ring (bicyclic) bond motifs is 1. The molecule has 0 bridgehead atoms. The monoisotopic (exact) mass is 235 g/mol. The van der Waals surface area contributed by atoms with E-state index in [1.54, 1.807) is 20.2 Å². The Morgan fingerprint density at radius 1 is 1.18 bits per heavy atom. The molecule has 0 fully saturated rings. The first-order valence-electron chi connectivity index (χ1n) is 6.14. The lowest BCUT2D eigenvalue weighted by molar-refractivity contribution is 0.0238. The molecule has 0 radical (unpaired) electrons. The van der Waals surface area contributed by atoms with Gasteiger partial charge in [-0.3, -0.25) is 0 Å². The number of aryl methyl sites for hydroxylation is 1. The maximum atomic E-state index is 10.1. The summed E-state index contributed by atoms with van der Waals surface area (Å²) in [4.78, 5) is 8.61. The summed E-state index contributed by atoms with van der Waals surface area (Å²) < 4.78 is 0. The van der Waals surface area contributed by atoms with Crippen molar-refractivity contribution < 1.29 is 5.11 Å². The van der Waals surface area contributed by atoms with Crippen molar-refractivity contribution in [3.63, 3.8) is 0 Å². The van der Waals surface area contributed by atoms with Crippen molar-refractivity contribution in [1.82, 2.24) is 9.97 Å². The van der Waals surface area contributed by atoms with Crippen molar-refractivity contribution in [3.8, 4) is 0 Å². The molecule has 17 heavy (non-hydrogen) atoms. The van der Waals surface area contributed by atoms with E-state index in [1.807, 2.05) is 13.8 Å². The summed E-state index contributed by atoms with van der Waals surface area (Å²) in [5.41, 5.74) is 1.11. The maximum absolute atomic E-state index is 10.1. The summed E-state index contributed by atoms with van der Waals surface area (Å²) in [6.07, 6.45) is 4.81. The molecular formula is C13H21N3O. The molecule has 4 heteroatoms. The number of hydrogen-bond donors (Lipinski definition) is 2. The zero-order valence-electron chi connectivity index (χ0n) is 11.0. The van der Waals surface area contributed by atoms with E-state index in [-0.39, 0.29) is 0 Å². The van der Waals surface area contributed by atoms with Crippen LogP contribution in [-0.2, 0) is 12.8 Å². The highest BCUT2D eigenvalue weighted by Gasteiger charge is 2.36. The molecule has 0 aliphatic heterocycles. The molecule has 1 heterocycles. The van der Waals surface area contributed by atoms with Crippen LogP contribution < -0.4 is 5.32 Å². The van der Waals surface area contributed by atoms with E-state index in [1.165, 1.54) is 5.56 Å². The lowest BCUT2D eigenvalue weighted by Gasteiger charge is -2.38. The van der Waals surface area contributed by atoms with E-state index in [4.69, 9.17) is 0 Å². The molecule has 0 amide bonds. The van der Waals surface area contributed by atoms with Gasteiger partial charge >= 0.3 is 0 Å². The number of nitrogens with one attached hydrogen (secondary N) is 1. The summed E-state index contributed by atoms with van der Waals surface area (Å²) >= 11 is 0. The molecule has 1 aliphatic carbocycles. The topological polar surface area (TPSA) is 58.0 Å². The zero-order chi connectivity index (χ0) is 12.7. The van der Waals surface area contributed by atoms with E-state index in [0.717, 1.165) is 30.8 Å². The highest BCUT2D eigenvalue weighted by molar-refractivity contribution is 5.50. The molecule has 2 N–H and O–H groups in total. The van der Waals surface area contributed by atoms with E-state index in [2.05, 4.69) is 15.3 Å². The Morgan fingerprint density at radius 3 is 2.53 bits per heavy atom. The lowest BCUT2D eigenvalue weighted by Crippen LogP contribution is -2.51. The predicted molar refractivity (Wildman–Crippen MR) is 68.1 cm³/mol. The molecule has 1 aliphatic rings. The summed E-state index contributed by atoms with van der Waals surface area (Å²) in [6.45, 7) is 7.58. The van der Waals surface area contributed by atoms with Crippen molar-refractivity contribution >= 4 is 5.82 Å². The number of aromatic nitrogens is 2. The molecule has 0 unspecified atom stereocenters. The Labute approximate surface area is 102 Å². The van der Waals surface area contributed by atoms with Gasteiger partial charge in [0.05, 0.1) is 11.1 Å². The first-order valence-corrected chi connectivity index (χ1v) is 6.14. The molecule has 1 aromatic heterocycles. The van der Waals surface area contributed by atoms with Crippen LogP contribution in [-0.4, -0.2) is 26.2 Å². The lowest BCUT2D eigenvalue weighted by atomic mass is 9.86. The van der Waals surface area contributed by atoms with Crippen molar-refractivity contribution in [2.45, 2.75) is 58.1 Å². The summed E-state index contributed by atoms with van der Waals surface area (Å²) in [6, 6.07) is 0. The summed E-state index contributed by atoms with van der Waals surface area (Å²) in [5.74, 6) is 0.875. The van der Waals surface area contributed by atoms with Gasteiger partial charge < -0.3 is 10.4 Å². The highest BCUT2D eigenvalue weighted by Crippen LogP contribution is 2.30. The highest BCUT2D eigenvalue weighted by atomic mass is 16.3. The van der Waals surface area contributed by atoms with Crippen LogP contribution in [0.1, 0.15) is 45.4 Å². The third kappa shape index (κ3) is 2.27. The van der Waals surface area contributed by atoms with Gasteiger partial charge in [0, 0.05) is 11.3 Å². The molecular weight excluding hydrogens is 214 g/mol. The Morgan fingerprint density at radius 2 is 1.88 bits per heavy atom. The Hall–Kier alpha value is -1.16. The molecule has 0 saturated carbocycles. The molecule has 0 spiro atoms. The second-order valence-corrected chi connectivity index (χ2v) is 5.81. The number of anilines is 1. The van der Waals surface area contributed by atoms with E-state index in [9.17, 15) is 5.11 Å². The van der Waals surface area contributed by atoms with Crippen LogP contribution in [0.5, 0.6) is 0 Å². The minimum atomic E-state index is -0.816. The Bertz CT molecular complexity index is 421. The van der Waals surface area contributed by atoms with Gasteiger partial charge in [-0.25, -0.2) is 9.97 Å². The molecule has 0 atom stereocenters. The van der Waals surface area contributed by atoms with Crippen molar-refractivity contribution in [2.75, 3.05) is 5.32 Å². The second-order valence-electron chi connectivity index (χ2n) is 5.81. The molecule has 4 nitrogen and oxygen atoms in total. The third-order valence-corrected chi connectivity index (χ3v) is 3.84. The second kappa shape index (κ2) is 3.95. The minimum absolute atomic E-state index is 0.433. The first-order chi connectivity index (χ1) is 7.81. The fraction of sp³-hybridized carbons (Fsp3) is 0.692. The Kier molecular flexibility index (Phi) is 2.86. The summed E-state index contributed by atoms with van der Waals surface area (Å²) in [5, 5.41) is 13.5. The quantitative estimate of drug-likeness (QED) is 0.840. The van der Waals surface area contributed by atoms with Crippen LogP contribution in [0, 0.1) is 0 Å². The predicted octanol–water partition coefficient (Wildman–Crippen LogP) is 1.93. The normalized spacial score (nSPS) is 15.8. The number of aliphatic hydroxyl groups is 1. The van der Waals surface area contributed by atoms with Gasteiger partial charge in [-0.2, -0.15) is 0 Å². The minimum Gasteiger partial charge on any atom is -0.388 e. The van der Waals surface area contributed by atoms with Crippen LogP contribution in [0.3, 0.4) is 0 Å². The largest absolute Gasteiger partial charge is 0.388 e. The SMILES string of the molecule is CC(C)(O)C(C)(C)Nc1ncnc2c1CCC2. The van der Waals surface area contributed by atoms with Crippen LogP contribution >= 0.6 is 0 Å². The molecule has 2 rings (SSSR count). The zero-order valence-corrected chi connectivity index (χ0v) is 11.0. The average Bonchev–Trinajstić information content (AvgIpc) is 2.64. The van der Waals surface area contributed by atoms with Crippen molar-refractivity contribution in [1.29, 1.82) is 0 Å². The van der Waals surface area contributed by atoms with E-state index >= 15 is 0 Å². The molecule has 0 aromatic carbocycles. The van der Waals surface area contributed by atoms with E-state index in [0.29, 0.717) is 0 Å². The van der Waals surface area contributed by atoms with Gasteiger partial charge in [-0.05, 0) is 47.0 Å². The maximum Gasteiger partial charge on any atom is 0.133 e. The van der Waals surface area contributed by atoms with Gasteiger partial charge in [0.1, 0.15) is 12.1 Å². The Balaban J connectivity index is 2.29. The molecule has 1 aromatic rings. The van der Waals surface area contributed by atoms with Crippen LogP contribution in [0.15, 0.2) is 6.33 Å². The average molecular weight is 235 g/mol. The van der Waals surface area contributed by atoms with Crippen LogP contribution in [0.4, 0.5) is 5.82 Å². The van der Waals surface area contributed by atoms with Crippen LogP contribution in [0.2, 0.25) is 0 Å². The van der Waals surface area contributed by atoms with Crippen molar-refractivity contribution in [3.05, 3.63) is 17.6 Å². The van der Waals surface area contributed by atoms with Gasteiger partial charge in [0.25, 0.3) is 0 Å². The van der Waals surface area contributed by atoms with Gasteiger partial charge in [0.15, 0.2) is 0 Å². The van der Waals surface area contributed by atoms with Gasteiger partial charge in [-0.1, -0.05) is 0 Å². The standard InChI is InChI=1S/C13H21N3O/c1-12(2,13(3,4)17)16-11-9-6-5-7-10(9)14-8-15-11/h8,17H,5-7H2,1-4H3,(H,14,15,16). The number of nitrogens with zero attached hydrogens (tertiary/aromatic N) is 2. The fourth-order valence-corrected chi connectivity index (χ4v) is 1.92. The smallest absolute Gasteiger partial charge is 0.133 e. The fourth-order valence-electron chi connectivity index (χ4n) is 1.92. The van der Waals surface area contributed by atoms with E-state index < -0.39 is 11.1 Å². The summed E-state index contributed by atoms with van der Waals surface area (Å²) in [7, 11) is 0. The molecule has 94 valence electrons. The van der Waals surface area contributed by atoms with Crippen molar-refractivity contribution in [2.24, 2.45) is 0 Å². The molecule has 0 saturated heterocycles. The van der Waals surface area contributed by atoms with Gasteiger partial charge in [0.2, 0.25) is 0 Å². The van der Waals surface area contributed by atoms with Crippen LogP contribution in [0.25, 0.3) is 0 Å². The first kappa shape index (κ1) is 12.3.